The minimum absolute atomic E-state index is 0.000318. The molecule has 0 amide bonds. The van der Waals surface area contributed by atoms with Gasteiger partial charge in [-0.3, -0.25) is 4.79 Å². The lowest BCUT2D eigenvalue weighted by Gasteiger charge is -2.11. The van der Waals surface area contributed by atoms with Crippen molar-refractivity contribution in [1.82, 2.24) is 0 Å². The number of aromatic hydroxyl groups is 1. The molecule has 1 atom stereocenters. The number of hydrogen-bond donors (Lipinski definition) is 2. The lowest BCUT2D eigenvalue weighted by molar-refractivity contribution is 0.101. The number of ketones is 1. The van der Waals surface area contributed by atoms with E-state index in [2.05, 4.69) is 0 Å². The van der Waals surface area contributed by atoms with Crippen LogP contribution in [0.1, 0.15) is 36.2 Å². The van der Waals surface area contributed by atoms with Gasteiger partial charge in [-0.15, -0.1) is 0 Å². The van der Waals surface area contributed by atoms with Gasteiger partial charge in [-0.25, -0.2) is 0 Å². The maximum Gasteiger partial charge on any atom is 0.159 e. The Hall–Kier alpha value is -1.00. The van der Waals surface area contributed by atoms with Crippen LogP contribution in [0.15, 0.2) is 18.2 Å². The second-order valence-corrected chi connectivity index (χ2v) is 5.46. The van der Waals surface area contributed by atoms with Gasteiger partial charge in [0.05, 0.1) is 0 Å². The van der Waals surface area contributed by atoms with E-state index in [1.807, 2.05) is 6.92 Å². The van der Waals surface area contributed by atoms with E-state index in [9.17, 15) is 9.90 Å². The zero-order valence-corrected chi connectivity index (χ0v) is 11.0. The Bertz CT molecular complexity index is 390. The molecule has 0 spiro atoms. The fourth-order valence-corrected chi connectivity index (χ4v) is 2.38. The molecule has 0 aliphatic rings. The minimum atomic E-state index is -0.000318. The highest BCUT2D eigenvalue weighted by Crippen LogP contribution is 2.26. The van der Waals surface area contributed by atoms with Crippen molar-refractivity contribution in [3.63, 3.8) is 0 Å². The Kier molecular flexibility index (Phi) is 5.51. The molecule has 1 aromatic rings. The SMILES string of the molecule is CC(=O)c1ccc(O)c(CSC(C)CCO)c1. The summed E-state index contributed by atoms with van der Waals surface area (Å²) < 4.78 is 0. The van der Waals surface area contributed by atoms with E-state index in [0.717, 1.165) is 12.0 Å². The Morgan fingerprint density at radius 2 is 2.18 bits per heavy atom. The van der Waals surface area contributed by atoms with Gasteiger partial charge in [0.15, 0.2) is 5.78 Å². The fourth-order valence-electron chi connectivity index (χ4n) is 1.42. The topological polar surface area (TPSA) is 57.5 Å². The van der Waals surface area contributed by atoms with Crippen molar-refractivity contribution < 1.29 is 15.0 Å². The number of Topliss-reactive ketones (excluding diaryl/α,β-unsaturated/α-hetero) is 1. The molecule has 0 radical (unpaired) electrons. The minimum Gasteiger partial charge on any atom is -0.508 e. The predicted octanol–water partition coefficient (Wildman–Crippen LogP) is 2.60. The number of carbonyl (C=O) groups is 1. The maximum atomic E-state index is 11.2. The van der Waals surface area contributed by atoms with Gasteiger partial charge in [0.25, 0.3) is 0 Å². The Balaban J connectivity index is 2.69. The summed E-state index contributed by atoms with van der Waals surface area (Å²) in [7, 11) is 0. The lowest BCUT2D eigenvalue weighted by Crippen LogP contribution is -2.00. The van der Waals surface area contributed by atoms with Crippen molar-refractivity contribution in [2.45, 2.75) is 31.3 Å². The summed E-state index contributed by atoms with van der Waals surface area (Å²) in [5, 5.41) is 18.8. The van der Waals surface area contributed by atoms with Gasteiger partial charge >= 0.3 is 0 Å². The highest BCUT2D eigenvalue weighted by atomic mass is 32.2. The van der Waals surface area contributed by atoms with E-state index in [0.29, 0.717) is 16.6 Å². The number of phenolic OH excluding ortho intramolecular Hbond substituents is 1. The third-order valence-electron chi connectivity index (χ3n) is 2.55. The molecule has 3 nitrogen and oxygen atoms in total. The van der Waals surface area contributed by atoms with Crippen LogP contribution >= 0.6 is 11.8 Å². The summed E-state index contributed by atoms with van der Waals surface area (Å²) in [6, 6.07) is 4.92. The molecule has 0 heterocycles. The van der Waals surface area contributed by atoms with Crippen LogP contribution in [-0.2, 0) is 5.75 Å². The summed E-state index contributed by atoms with van der Waals surface area (Å²) in [4.78, 5) is 11.2. The number of rotatable bonds is 6. The number of aliphatic hydroxyl groups is 1. The zero-order chi connectivity index (χ0) is 12.8. The van der Waals surface area contributed by atoms with E-state index in [4.69, 9.17) is 5.11 Å². The molecule has 0 bridgehead atoms. The van der Waals surface area contributed by atoms with Crippen LogP contribution in [0.2, 0.25) is 0 Å². The molecule has 1 unspecified atom stereocenters. The summed E-state index contributed by atoms with van der Waals surface area (Å²) >= 11 is 1.66. The average Bonchev–Trinajstić information content (AvgIpc) is 2.28. The first-order chi connectivity index (χ1) is 8.04. The van der Waals surface area contributed by atoms with Crippen LogP contribution in [0.3, 0.4) is 0 Å². The van der Waals surface area contributed by atoms with Crippen LogP contribution < -0.4 is 0 Å². The number of carbonyl (C=O) groups excluding carboxylic acids is 1. The summed E-state index contributed by atoms with van der Waals surface area (Å²) in [5.41, 5.74) is 1.39. The summed E-state index contributed by atoms with van der Waals surface area (Å²) in [6.07, 6.45) is 0.734. The van der Waals surface area contributed by atoms with Crippen molar-refractivity contribution in [2.24, 2.45) is 0 Å². The molecule has 94 valence electrons. The monoisotopic (exact) mass is 254 g/mol. The van der Waals surface area contributed by atoms with Crippen molar-refractivity contribution in [1.29, 1.82) is 0 Å². The normalized spacial score (nSPS) is 12.4. The van der Waals surface area contributed by atoms with Gasteiger partial charge in [0.1, 0.15) is 5.75 Å². The summed E-state index contributed by atoms with van der Waals surface area (Å²) in [6.45, 7) is 3.72. The van der Waals surface area contributed by atoms with Gasteiger partial charge in [-0.05, 0) is 31.5 Å². The Morgan fingerprint density at radius 1 is 1.47 bits per heavy atom. The van der Waals surface area contributed by atoms with Crippen molar-refractivity contribution in [3.05, 3.63) is 29.3 Å². The molecule has 0 fully saturated rings. The van der Waals surface area contributed by atoms with Crippen LogP contribution in [0, 0.1) is 0 Å². The first-order valence-corrected chi connectivity index (χ1v) is 6.64. The summed E-state index contributed by atoms with van der Waals surface area (Å²) in [5.74, 6) is 0.868. The first-order valence-electron chi connectivity index (χ1n) is 5.60. The molecule has 1 rings (SSSR count). The van der Waals surface area contributed by atoms with Gasteiger partial charge in [0.2, 0.25) is 0 Å². The molecule has 0 saturated heterocycles. The molecule has 4 heteroatoms. The van der Waals surface area contributed by atoms with E-state index in [1.54, 1.807) is 30.0 Å². The van der Waals surface area contributed by atoms with E-state index < -0.39 is 0 Å². The van der Waals surface area contributed by atoms with Crippen LogP contribution in [0.5, 0.6) is 5.75 Å². The van der Waals surface area contributed by atoms with E-state index in [1.165, 1.54) is 6.92 Å². The first kappa shape index (κ1) is 14.1. The fraction of sp³-hybridized carbons (Fsp3) is 0.462. The molecule has 1 aromatic carbocycles. The second kappa shape index (κ2) is 6.67. The smallest absolute Gasteiger partial charge is 0.159 e. The molecule has 0 saturated carbocycles. The molecular weight excluding hydrogens is 236 g/mol. The van der Waals surface area contributed by atoms with Crippen LogP contribution in [0.25, 0.3) is 0 Å². The van der Waals surface area contributed by atoms with Gasteiger partial charge in [0, 0.05) is 28.7 Å². The van der Waals surface area contributed by atoms with E-state index >= 15 is 0 Å². The van der Waals surface area contributed by atoms with Crippen molar-refractivity contribution in [2.75, 3.05) is 6.61 Å². The molecule has 2 N–H and O–H groups in total. The molecule has 0 aromatic heterocycles. The third-order valence-corrected chi connectivity index (χ3v) is 3.83. The largest absolute Gasteiger partial charge is 0.508 e. The molecule has 17 heavy (non-hydrogen) atoms. The maximum absolute atomic E-state index is 11.2. The number of thioether (sulfide) groups is 1. The average molecular weight is 254 g/mol. The van der Waals surface area contributed by atoms with Crippen molar-refractivity contribution >= 4 is 17.5 Å². The quantitative estimate of drug-likeness (QED) is 0.766. The third kappa shape index (κ3) is 4.40. The standard InChI is InChI=1S/C13H18O3S/c1-9(5-6-14)17-8-12-7-11(10(2)15)3-4-13(12)16/h3-4,7,9,14,16H,5-6,8H2,1-2H3. The second-order valence-electron chi connectivity index (χ2n) is 4.03. The number of aliphatic hydroxyl groups excluding tert-OH is 1. The van der Waals surface area contributed by atoms with Gasteiger partial charge < -0.3 is 10.2 Å². The molecule has 0 aliphatic carbocycles. The Labute approximate surface area is 106 Å². The van der Waals surface area contributed by atoms with Crippen LogP contribution in [-0.4, -0.2) is 27.9 Å². The van der Waals surface area contributed by atoms with Gasteiger partial charge in [-0.1, -0.05) is 6.92 Å². The van der Waals surface area contributed by atoms with Crippen LogP contribution in [0.4, 0.5) is 0 Å². The number of benzene rings is 1. The predicted molar refractivity (Wildman–Crippen MR) is 70.6 cm³/mol. The molecule has 0 aliphatic heterocycles. The van der Waals surface area contributed by atoms with Gasteiger partial charge in [-0.2, -0.15) is 11.8 Å². The van der Waals surface area contributed by atoms with E-state index in [-0.39, 0.29) is 18.1 Å². The van der Waals surface area contributed by atoms with Crippen molar-refractivity contribution in [3.8, 4) is 5.75 Å². The zero-order valence-electron chi connectivity index (χ0n) is 10.1. The highest BCUT2D eigenvalue weighted by molar-refractivity contribution is 7.99. The lowest BCUT2D eigenvalue weighted by atomic mass is 10.1. The number of hydrogen-bond acceptors (Lipinski definition) is 4. The molecular formula is C13H18O3S. The number of phenols is 1. The highest BCUT2D eigenvalue weighted by Gasteiger charge is 2.08. The Morgan fingerprint density at radius 3 is 2.76 bits per heavy atom.